The van der Waals surface area contributed by atoms with Gasteiger partial charge in [0.1, 0.15) is 11.5 Å². The average Bonchev–Trinajstić information content (AvgIpc) is 2.88. The Bertz CT molecular complexity index is 527. The van der Waals surface area contributed by atoms with E-state index in [1.54, 1.807) is 19.2 Å². The molecule has 1 aromatic rings. The van der Waals surface area contributed by atoms with Crippen molar-refractivity contribution in [3.05, 3.63) is 11.1 Å². The van der Waals surface area contributed by atoms with Crippen molar-refractivity contribution in [2.75, 3.05) is 18.0 Å². The van der Waals surface area contributed by atoms with Gasteiger partial charge in [-0.05, 0) is 20.3 Å². The van der Waals surface area contributed by atoms with Crippen LogP contribution in [0.4, 0.5) is 5.13 Å². The summed E-state index contributed by atoms with van der Waals surface area (Å²) < 4.78 is 0. The van der Waals surface area contributed by atoms with Crippen LogP contribution >= 0.6 is 11.3 Å². The lowest BCUT2D eigenvalue weighted by atomic mass is 9.90. The van der Waals surface area contributed by atoms with E-state index in [1.807, 2.05) is 11.8 Å². The summed E-state index contributed by atoms with van der Waals surface area (Å²) in [6, 6.07) is -0.226. The maximum absolute atomic E-state index is 11.9. The SMILES string of the molecule is CCC1C(=O)NCCN1c1nc(C(C)(C)C(=O)O)cs1. The van der Waals surface area contributed by atoms with Gasteiger partial charge in [-0.1, -0.05) is 6.92 Å². The number of carboxylic acids is 1. The van der Waals surface area contributed by atoms with Gasteiger partial charge >= 0.3 is 5.97 Å². The molecule has 1 saturated heterocycles. The molecule has 110 valence electrons. The number of carbonyl (C=O) groups excluding carboxylic acids is 1. The van der Waals surface area contributed by atoms with E-state index in [0.717, 1.165) is 5.13 Å². The summed E-state index contributed by atoms with van der Waals surface area (Å²) in [5, 5.41) is 14.6. The van der Waals surface area contributed by atoms with Gasteiger partial charge in [-0.15, -0.1) is 11.3 Å². The summed E-state index contributed by atoms with van der Waals surface area (Å²) in [4.78, 5) is 29.5. The first-order chi connectivity index (χ1) is 9.37. The Morgan fingerprint density at radius 2 is 2.35 bits per heavy atom. The van der Waals surface area contributed by atoms with Gasteiger partial charge in [0.15, 0.2) is 5.13 Å². The van der Waals surface area contributed by atoms with Crippen LogP contribution in [-0.4, -0.2) is 41.1 Å². The molecule has 1 fully saturated rings. The highest BCUT2D eigenvalue weighted by molar-refractivity contribution is 7.13. The monoisotopic (exact) mass is 297 g/mol. The highest BCUT2D eigenvalue weighted by atomic mass is 32.1. The van der Waals surface area contributed by atoms with Crippen LogP contribution in [-0.2, 0) is 15.0 Å². The average molecular weight is 297 g/mol. The first-order valence-electron chi connectivity index (χ1n) is 6.61. The van der Waals surface area contributed by atoms with Crippen LogP contribution in [0.1, 0.15) is 32.9 Å². The van der Waals surface area contributed by atoms with Crippen molar-refractivity contribution < 1.29 is 14.7 Å². The minimum atomic E-state index is -1.02. The predicted octanol–water partition coefficient (Wildman–Crippen LogP) is 1.22. The molecule has 1 unspecified atom stereocenters. The number of hydrogen-bond donors (Lipinski definition) is 2. The molecule has 1 aliphatic rings. The molecule has 1 amide bonds. The van der Waals surface area contributed by atoms with Crippen LogP contribution in [0.2, 0.25) is 0 Å². The minimum Gasteiger partial charge on any atom is -0.481 e. The Hall–Kier alpha value is -1.63. The molecule has 1 aliphatic heterocycles. The number of anilines is 1. The summed E-state index contributed by atoms with van der Waals surface area (Å²) in [5.74, 6) is -0.897. The minimum absolute atomic E-state index is 0.00740. The van der Waals surface area contributed by atoms with Crippen molar-refractivity contribution in [2.24, 2.45) is 0 Å². The third kappa shape index (κ3) is 2.49. The molecule has 1 atom stereocenters. The highest BCUT2D eigenvalue weighted by Gasteiger charge is 2.35. The Morgan fingerprint density at radius 1 is 1.65 bits per heavy atom. The molecule has 0 aliphatic carbocycles. The summed E-state index contributed by atoms with van der Waals surface area (Å²) in [6.45, 7) is 6.51. The van der Waals surface area contributed by atoms with Crippen LogP contribution in [0.5, 0.6) is 0 Å². The lowest BCUT2D eigenvalue weighted by Gasteiger charge is -2.34. The van der Waals surface area contributed by atoms with Crippen LogP contribution in [0.3, 0.4) is 0 Å². The lowest BCUT2D eigenvalue weighted by Crippen LogP contribution is -2.55. The number of rotatable bonds is 4. The lowest BCUT2D eigenvalue weighted by molar-refractivity contribution is -0.142. The first kappa shape index (κ1) is 14.8. The van der Waals surface area contributed by atoms with E-state index in [9.17, 15) is 14.7 Å². The molecular weight excluding hydrogens is 278 g/mol. The molecule has 2 rings (SSSR count). The molecule has 0 spiro atoms. The second kappa shape index (κ2) is 5.40. The van der Waals surface area contributed by atoms with E-state index in [0.29, 0.717) is 25.2 Å². The van der Waals surface area contributed by atoms with Crippen molar-refractivity contribution in [3.8, 4) is 0 Å². The number of aromatic nitrogens is 1. The maximum Gasteiger partial charge on any atom is 0.315 e. The summed E-state index contributed by atoms with van der Waals surface area (Å²) >= 11 is 1.39. The zero-order chi connectivity index (χ0) is 14.9. The van der Waals surface area contributed by atoms with E-state index in [1.165, 1.54) is 11.3 Å². The quantitative estimate of drug-likeness (QED) is 0.873. The number of nitrogens with zero attached hydrogens (tertiary/aromatic N) is 2. The van der Waals surface area contributed by atoms with Gasteiger partial charge in [-0.25, -0.2) is 4.98 Å². The second-order valence-electron chi connectivity index (χ2n) is 5.35. The summed E-state index contributed by atoms with van der Waals surface area (Å²) in [5.41, 5.74) is -0.486. The maximum atomic E-state index is 11.9. The van der Waals surface area contributed by atoms with Gasteiger partial charge in [0.2, 0.25) is 5.91 Å². The fraction of sp³-hybridized carbons (Fsp3) is 0.615. The van der Waals surface area contributed by atoms with E-state index in [-0.39, 0.29) is 11.9 Å². The highest BCUT2D eigenvalue weighted by Crippen LogP contribution is 2.31. The van der Waals surface area contributed by atoms with Crippen molar-refractivity contribution in [1.29, 1.82) is 0 Å². The van der Waals surface area contributed by atoms with Crippen molar-refractivity contribution >= 4 is 28.3 Å². The zero-order valence-electron chi connectivity index (χ0n) is 11.8. The number of aliphatic carboxylic acids is 1. The van der Waals surface area contributed by atoms with Crippen molar-refractivity contribution in [2.45, 2.75) is 38.6 Å². The van der Waals surface area contributed by atoms with E-state index < -0.39 is 11.4 Å². The zero-order valence-corrected chi connectivity index (χ0v) is 12.7. The van der Waals surface area contributed by atoms with E-state index >= 15 is 0 Å². The van der Waals surface area contributed by atoms with Crippen LogP contribution in [0.15, 0.2) is 5.38 Å². The number of piperazine rings is 1. The molecule has 0 aromatic carbocycles. The summed E-state index contributed by atoms with van der Waals surface area (Å²) in [6.07, 6.45) is 0.697. The molecule has 1 aromatic heterocycles. The third-order valence-corrected chi connectivity index (χ3v) is 4.51. The van der Waals surface area contributed by atoms with Gasteiger partial charge in [0.25, 0.3) is 0 Å². The fourth-order valence-electron chi connectivity index (χ4n) is 2.14. The van der Waals surface area contributed by atoms with Crippen molar-refractivity contribution in [3.63, 3.8) is 0 Å². The van der Waals surface area contributed by atoms with E-state index in [2.05, 4.69) is 10.3 Å². The number of carboxylic acid groups (broad SMARTS) is 1. The number of hydrogen-bond acceptors (Lipinski definition) is 5. The Kier molecular flexibility index (Phi) is 3.99. The Balaban J connectivity index is 2.28. The van der Waals surface area contributed by atoms with Gasteiger partial charge in [0, 0.05) is 18.5 Å². The largest absolute Gasteiger partial charge is 0.481 e. The normalized spacial score (nSPS) is 19.9. The standard InChI is InChI=1S/C13H19N3O3S/c1-4-8-10(17)14-5-6-16(8)12-15-9(7-20-12)13(2,3)11(18)19/h7-8H,4-6H2,1-3H3,(H,14,17)(H,18,19). The molecule has 7 heteroatoms. The van der Waals surface area contributed by atoms with Gasteiger partial charge < -0.3 is 15.3 Å². The van der Waals surface area contributed by atoms with Crippen LogP contribution in [0, 0.1) is 0 Å². The van der Waals surface area contributed by atoms with Crippen LogP contribution in [0.25, 0.3) is 0 Å². The van der Waals surface area contributed by atoms with Crippen LogP contribution < -0.4 is 10.2 Å². The number of carbonyl (C=O) groups is 2. The molecule has 2 N–H and O–H groups in total. The Morgan fingerprint density at radius 3 is 2.95 bits per heavy atom. The molecule has 0 bridgehead atoms. The number of thiazole rings is 1. The Labute approximate surface area is 121 Å². The smallest absolute Gasteiger partial charge is 0.315 e. The van der Waals surface area contributed by atoms with Gasteiger partial charge in [-0.3, -0.25) is 9.59 Å². The molecular formula is C13H19N3O3S. The second-order valence-corrected chi connectivity index (χ2v) is 6.19. The number of amides is 1. The predicted molar refractivity (Wildman–Crippen MR) is 77.2 cm³/mol. The molecule has 6 nitrogen and oxygen atoms in total. The molecule has 2 heterocycles. The van der Waals surface area contributed by atoms with Crippen molar-refractivity contribution in [1.82, 2.24) is 10.3 Å². The first-order valence-corrected chi connectivity index (χ1v) is 7.49. The summed E-state index contributed by atoms with van der Waals surface area (Å²) in [7, 11) is 0. The molecule has 0 radical (unpaired) electrons. The number of nitrogens with one attached hydrogen (secondary N) is 1. The van der Waals surface area contributed by atoms with E-state index in [4.69, 9.17) is 0 Å². The van der Waals surface area contributed by atoms with Gasteiger partial charge in [-0.2, -0.15) is 0 Å². The third-order valence-electron chi connectivity index (χ3n) is 3.63. The van der Waals surface area contributed by atoms with Gasteiger partial charge in [0.05, 0.1) is 5.69 Å². The fourth-order valence-corrected chi connectivity index (χ4v) is 3.21. The topological polar surface area (TPSA) is 82.5 Å². The molecule has 0 saturated carbocycles. The molecule has 20 heavy (non-hydrogen) atoms.